The zero-order valence-electron chi connectivity index (χ0n) is 8.88. The van der Waals surface area contributed by atoms with E-state index in [1.807, 2.05) is 6.92 Å². The Kier molecular flexibility index (Phi) is 9.87. The fraction of sp³-hybridized carbons (Fsp3) is 1.00. The molecule has 0 aromatic carbocycles. The maximum absolute atomic E-state index is 9.36. The Morgan fingerprint density at radius 1 is 1.38 bits per heavy atom. The lowest BCUT2D eigenvalue weighted by Gasteiger charge is -2.10. The van der Waals surface area contributed by atoms with Gasteiger partial charge in [0.1, 0.15) is 0 Å². The van der Waals surface area contributed by atoms with Crippen LogP contribution in [0.15, 0.2) is 0 Å². The van der Waals surface area contributed by atoms with Crippen LogP contribution in [0.5, 0.6) is 0 Å². The lowest BCUT2D eigenvalue weighted by atomic mass is 10.2. The number of aliphatic hydroxyl groups excluding tert-OH is 1. The number of hydrogen-bond acceptors (Lipinski definition) is 3. The molecule has 0 aromatic heterocycles. The number of nitrogens with one attached hydrogen (secondary N) is 1. The number of ether oxygens (including phenoxy) is 1. The summed E-state index contributed by atoms with van der Waals surface area (Å²) < 4.78 is 5.19. The van der Waals surface area contributed by atoms with Gasteiger partial charge in [-0.15, -0.1) is 0 Å². The zero-order chi connectivity index (χ0) is 9.94. The summed E-state index contributed by atoms with van der Waals surface area (Å²) in [4.78, 5) is 0. The van der Waals surface area contributed by atoms with E-state index in [9.17, 15) is 5.11 Å². The number of rotatable bonds is 9. The molecule has 0 saturated carbocycles. The Hall–Kier alpha value is -0.120. The monoisotopic (exact) mass is 189 g/mol. The van der Waals surface area contributed by atoms with Gasteiger partial charge in [0.05, 0.1) is 6.10 Å². The third-order valence-corrected chi connectivity index (χ3v) is 1.85. The molecule has 0 saturated heterocycles. The standard InChI is InChI=1S/C10H23NO2/c1-3-6-10(12)9-11-7-5-8-13-4-2/h10-12H,3-9H2,1-2H3. The van der Waals surface area contributed by atoms with Gasteiger partial charge in [0, 0.05) is 19.8 Å². The smallest absolute Gasteiger partial charge is 0.0664 e. The van der Waals surface area contributed by atoms with Gasteiger partial charge in [0.2, 0.25) is 0 Å². The first-order valence-corrected chi connectivity index (χ1v) is 5.27. The highest BCUT2D eigenvalue weighted by Crippen LogP contribution is 1.93. The van der Waals surface area contributed by atoms with Crippen LogP contribution in [0.1, 0.15) is 33.1 Å². The van der Waals surface area contributed by atoms with Gasteiger partial charge in [-0.2, -0.15) is 0 Å². The molecule has 0 radical (unpaired) electrons. The van der Waals surface area contributed by atoms with E-state index in [-0.39, 0.29) is 6.10 Å². The first-order valence-electron chi connectivity index (χ1n) is 5.27. The minimum atomic E-state index is -0.183. The van der Waals surface area contributed by atoms with Gasteiger partial charge in [0.15, 0.2) is 0 Å². The molecule has 1 atom stereocenters. The van der Waals surface area contributed by atoms with Crippen LogP contribution in [-0.4, -0.2) is 37.5 Å². The maximum Gasteiger partial charge on any atom is 0.0664 e. The van der Waals surface area contributed by atoms with Crippen molar-refractivity contribution < 1.29 is 9.84 Å². The van der Waals surface area contributed by atoms with E-state index < -0.39 is 0 Å². The minimum Gasteiger partial charge on any atom is -0.392 e. The second kappa shape index (κ2) is 9.96. The molecular formula is C10H23NO2. The van der Waals surface area contributed by atoms with Crippen molar-refractivity contribution in [3.05, 3.63) is 0 Å². The van der Waals surface area contributed by atoms with Crippen LogP contribution < -0.4 is 5.32 Å². The van der Waals surface area contributed by atoms with Crippen LogP contribution >= 0.6 is 0 Å². The summed E-state index contributed by atoms with van der Waals surface area (Å²) in [6, 6.07) is 0. The molecule has 80 valence electrons. The molecule has 0 amide bonds. The molecule has 3 heteroatoms. The van der Waals surface area contributed by atoms with Gasteiger partial charge in [-0.3, -0.25) is 0 Å². The van der Waals surface area contributed by atoms with E-state index in [0.29, 0.717) is 6.54 Å². The average molecular weight is 189 g/mol. The van der Waals surface area contributed by atoms with Gasteiger partial charge in [0.25, 0.3) is 0 Å². The molecule has 1 unspecified atom stereocenters. The predicted molar refractivity (Wildman–Crippen MR) is 54.9 cm³/mol. The highest BCUT2D eigenvalue weighted by Gasteiger charge is 2.00. The van der Waals surface area contributed by atoms with E-state index in [1.54, 1.807) is 0 Å². The van der Waals surface area contributed by atoms with Gasteiger partial charge in [-0.25, -0.2) is 0 Å². The lowest BCUT2D eigenvalue weighted by molar-refractivity contribution is 0.139. The topological polar surface area (TPSA) is 41.5 Å². The van der Waals surface area contributed by atoms with Gasteiger partial charge in [-0.05, 0) is 26.3 Å². The lowest BCUT2D eigenvalue weighted by Crippen LogP contribution is -2.27. The second-order valence-corrected chi connectivity index (χ2v) is 3.20. The van der Waals surface area contributed by atoms with E-state index in [0.717, 1.165) is 39.0 Å². The normalized spacial score (nSPS) is 13.2. The summed E-state index contributed by atoms with van der Waals surface area (Å²) >= 11 is 0. The molecule has 0 heterocycles. The van der Waals surface area contributed by atoms with Crippen LogP contribution in [0.4, 0.5) is 0 Å². The molecule has 0 rings (SSSR count). The van der Waals surface area contributed by atoms with E-state index in [2.05, 4.69) is 12.2 Å². The number of hydrogen-bond donors (Lipinski definition) is 2. The Morgan fingerprint density at radius 3 is 2.77 bits per heavy atom. The van der Waals surface area contributed by atoms with Crippen LogP contribution in [0.3, 0.4) is 0 Å². The molecule has 0 bridgehead atoms. The van der Waals surface area contributed by atoms with E-state index in [1.165, 1.54) is 0 Å². The Balaban J connectivity index is 2.97. The summed E-state index contributed by atoms with van der Waals surface area (Å²) in [6.45, 7) is 7.32. The predicted octanol–water partition coefficient (Wildman–Crippen LogP) is 1.16. The highest BCUT2D eigenvalue weighted by atomic mass is 16.5. The first kappa shape index (κ1) is 12.9. The van der Waals surface area contributed by atoms with Crippen LogP contribution in [0.2, 0.25) is 0 Å². The molecule has 3 nitrogen and oxygen atoms in total. The molecule has 0 aliphatic rings. The maximum atomic E-state index is 9.36. The van der Waals surface area contributed by atoms with Crippen molar-refractivity contribution in [1.82, 2.24) is 5.32 Å². The van der Waals surface area contributed by atoms with Crippen molar-refractivity contribution in [1.29, 1.82) is 0 Å². The molecule has 0 spiro atoms. The molecule has 13 heavy (non-hydrogen) atoms. The minimum absolute atomic E-state index is 0.183. The van der Waals surface area contributed by atoms with Crippen molar-refractivity contribution >= 4 is 0 Å². The largest absolute Gasteiger partial charge is 0.392 e. The third kappa shape index (κ3) is 9.80. The van der Waals surface area contributed by atoms with E-state index in [4.69, 9.17) is 4.74 Å². The van der Waals surface area contributed by atoms with Crippen LogP contribution in [0.25, 0.3) is 0 Å². The molecule has 2 N–H and O–H groups in total. The van der Waals surface area contributed by atoms with Crippen molar-refractivity contribution in [2.45, 2.75) is 39.2 Å². The summed E-state index contributed by atoms with van der Waals surface area (Å²) in [7, 11) is 0. The Morgan fingerprint density at radius 2 is 2.15 bits per heavy atom. The molecule has 0 aliphatic heterocycles. The van der Waals surface area contributed by atoms with Gasteiger partial charge in [-0.1, -0.05) is 13.3 Å². The summed E-state index contributed by atoms with van der Waals surface area (Å²) in [5, 5.41) is 12.6. The summed E-state index contributed by atoms with van der Waals surface area (Å²) in [6.07, 6.45) is 2.77. The third-order valence-electron chi connectivity index (χ3n) is 1.85. The molecule has 0 aromatic rings. The second-order valence-electron chi connectivity index (χ2n) is 3.20. The van der Waals surface area contributed by atoms with Crippen molar-refractivity contribution in [2.24, 2.45) is 0 Å². The zero-order valence-corrected chi connectivity index (χ0v) is 8.88. The summed E-state index contributed by atoms with van der Waals surface area (Å²) in [5.41, 5.74) is 0. The van der Waals surface area contributed by atoms with Crippen LogP contribution in [-0.2, 0) is 4.74 Å². The average Bonchev–Trinajstić information content (AvgIpc) is 2.11. The fourth-order valence-electron chi connectivity index (χ4n) is 1.15. The molecular weight excluding hydrogens is 166 g/mol. The first-order chi connectivity index (χ1) is 6.31. The summed E-state index contributed by atoms with van der Waals surface area (Å²) in [5.74, 6) is 0. The van der Waals surface area contributed by atoms with Crippen molar-refractivity contribution in [2.75, 3.05) is 26.3 Å². The Bertz CT molecular complexity index is 98.9. The SMILES string of the molecule is CCCC(O)CNCCCOCC. The highest BCUT2D eigenvalue weighted by molar-refractivity contribution is 4.58. The van der Waals surface area contributed by atoms with Crippen LogP contribution in [0, 0.1) is 0 Å². The molecule has 0 fully saturated rings. The van der Waals surface area contributed by atoms with Crippen molar-refractivity contribution in [3.63, 3.8) is 0 Å². The van der Waals surface area contributed by atoms with Gasteiger partial charge >= 0.3 is 0 Å². The van der Waals surface area contributed by atoms with E-state index >= 15 is 0 Å². The van der Waals surface area contributed by atoms with Gasteiger partial charge < -0.3 is 15.2 Å². The Labute approximate surface area is 81.5 Å². The number of aliphatic hydroxyl groups is 1. The molecule has 0 aliphatic carbocycles. The van der Waals surface area contributed by atoms with Crippen molar-refractivity contribution in [3.8, 4) is 0 Å². The quantitative estimate of drug-likeness (QED) is 0.535. The fourth-order valence-corrected chi connectivity index (χ4v) is 1.15.